The fourth-order valence-corrected chi connectivity index (χ4v) is 3.67. The third-order valence-corrected chi connectivity index (χ3v) is 5.24. The summed E-state index contributed by atoms with van der Waals surface area (Å²) in [6.45, 7) is -0.163. The average molecular weight is 425 g/mol. The predicted molar refractivity (Wildman–Crippen MR) is 105 cm³/mol. The fourth-order valence-electron chi connectivity index (χ4n) is 3.67. The number of furan rings is 1. The van der Waals surface area contributed by atoms with Gasteiger partial charge in [0, 0.05) is 19.3 Å². The van der Waals surface area contributed by atoms with Crippen LogP contribution in [0.5, 0.6) is 0 Å². The molecule has 0 saturated carbocycles. The van der Waals surface area contributed by atoms with Crippen LogP contribution in [0.15, 0.2) is 41.0 Å². The first-order valence-corrected chi connectivity index (χ1v) is 9.64. The van der Waals surface area contributed by atoms with Gasteiger partial charge < -0.3 is 19.4 Å². The number of nitrogens with one attached hydrogen (secondary N) is 1. The molecule has 31 heavy (non-hydrogen) atoms. The molecule has 4 amide bonds. The molecule has 1 fully saturated rings. The summed E-state index contributed by atoms with van der Waals surface area (Å²) in [5.41, 5.74) is 0.756. The number of carbonyl (C=O) groups is 5. The lowest BCUT2D eigenvalue weighted by atomic mass is 10.1. The molecule has 1 N–H and O–H groups in total. The van der Waals surface area contributed by atoms with Crippen molar-refractivity contribution in [3.05, 3.63) is 53.5 Å². The van der Waals surface area contributed by atoms with Gasteiger partial charge >= 0.3 is 5.97 Å². The summed E-state index contributed by atoms with van der Waals surface area (Å²) in [6.07, 6.45) is 2.44. The Bertz CT molecular complexity index is 1080. The molecule has 10 nitrogen and oxygen atoms in total. The Morgan fingerprint density at radius 1 is 1.16 bits per heavy atom. The summed E-state index contributed by atoms with van der Waals surface area (Å²) in [7, 11) is 1.38. The SMILES string of the molecule is CN1C(=O)c2ccc(NC(=O)COC(=O)C3CCCN3C(=O)c3ccco3)cc2C1=O. The van der Waals surface area contributed by atoms with Crippen LogP contribution in [0.1, 0.15) is 44.1 Å². The lowest BCUT2D eigenvalue weighted by Crippen LogP contribution is -2.42. The zero-order valence-electron chi connectivity index (χ0n) is 16.6. The maximum atomic E-state index is 12.5. The van der Waals surface area contributed by atoms with E-state index in [1.807, 2.05) is 0 Å². The van der Waals surface area contributed by atoms with Gasteiger partial charge in [-0.25, -0.2) is 4.79 Å². The van der Waals surface area contributed by atoms with Crippen molar-refractivity contribution in [2.45, 2.75) is 18.9 Å². The van der Waals surface area contributed by atoms with Gasteiger partial charge in [-0.05, 0) is 43.2 Å². The van der Waals surface area contributed by atoms with Crippen LogP contribution >= 0.6 is 0 Å². The molecule has 1 atom stereocenters. The Kier molecular flexibility index (Phi) is 5.28. The monoisotopic (exact) mass is 425 g/mol. The van der Waals surface area contributed by atoms with Crippen LogP contribution in [0.2, 0.25) is 0 Å². The van der Waals surface area contributed by atoms with Gasteiger partial charge in [0.25, 0.3) is 23.6 Å². The van der Waals surface area contributed by atoms with Crippen LogP contribution in [0.25, 0.3) is 0 Å². The molecule has 0 spiro atoms. The predicted octanol–water partition coefficient (Wildman–Crippen LogP) is 1.29. The topological polar surface area (TPSA) is 126 Å². The summed E-state index contributed by atoms with van der Waals surface area (Å²) < 4.78 is 10.2. The molecule has 0 radical (unpaired) electrons. The van der Waals surface area contributed by atoms with Gasteiger partial charge in [0.05, 0.1) is 17.4 Å². The highest BCUT2D eigenvalue weighted by molar-refractivity contribution is 6.21. The number of carbonyl (C=O) groups excluding carboxylic acids is 5. The largest absolute Gasteiger partial charge is 0.459 e. The minimum atomic E-state index is -0.787. The van der Waals surface area contributed by atoms with E-state index in [1.165, 1.54) is 42.5 Å². The van der Waals surface area contributed by atoms with Gasteiger partial charge in [-0.3, -0.25) is 24.1 Å². The molecule has 2 aromatic rings. The highest BCUT2D eigenvalue weighted by atomic mass is 16.5. The second kappa shape index (κ2) is 8.05. The molecule has 0 bridgehead atoms. The number of benzene rings is 1. The molecular formula is C21H19N3O7. The molecule has 160 valence electrons. The molecule has 10 heteroatoms. The van der Waals surface area contributed by atoms with Crippen molar-refractivity contribution in [3.8, 4) is 0 Å². The van der Waals surface area contributed by atoms with Crippen LogP contribution in [0, 0.1) is 0 Å². The minimum absolute atomic E-state index is 0.132. The first-order chi connectivity index (χ1) is 14.9. The average Bonchev–Trinajstić information content (AvgIpc) is 3.51. The quantitative estimate of drug-likeness (QED) is 0.565. The van der Waals surface area contributed by atoms with Crippen LogP contribution in [0.4, 0.5) is 5.69 Å². The van der Waals surface area contributed by atoms with E-state index in [-0.39, 0.29) is 16.9 Å². The Morgan fingerprint density at radius 3 is 2.68 bits per heavy atom. The normalized spacial score (nSPS) is 17.6. The van der Waals surface area contributed by atoms with Gasteiger partial charge in [-0.15, -0.1) is 0 Å². The third kappa shape index (κ3) is 3.79. The summed E-state index contributed by atoms with van der Waals surface area (Å²) >= 11 is 0. The number of hydrogen-bond donors (Lipinski definition) is 1. The number of likely N-dealkylation sites (tertiary alicyclic amines) is 1. The first-order valence-electron chi connectivity index (χ1n) is 9.64. The third-order valence-electron chi connectivity index (χ3n) is 5.24. The molecular weight excluding hydrogens is 406 g/mol. The molecule has 0 aliphatic carbocycles. The second-order valence-electron chi connectivity index (χ2n) is 7.22. The lowest BCUT2D eigenvalue weighted by molar-refractivity contribution is -0.151. The van der Waals surface area contributed by atoms with Crippen LogP contribution in [0.3, 0.4) is 0 Å². The van der Waals surface area contributed by atoms with E-state index in [9.17, 15) is 24.0 Å². The highest BCUT2D eigenvalue weighted by Crippen LogP contribution is 2.25. The minimum Gasteiger partial charge on any atom is -0.459 e. The van der Waals surface area contributed by atoms with Gasteiger partial charge in [-0.1, -0.05) is 0 Å². The molecule has 2 aliphatic heterocycles. The van der Waals surface area contributed by atoms with Crippen LogP contribution in [-0.2, 0) is 14.3 Å². The number of hydrogen-bond acceptors (Lipinski definition) is 7. The highest BCUT2D eigenvalue weighted by Gasteiger charge is 2.37. The van der Waals surface area contributed by atoms with Crippen molar-refractivity contribution in [2.75, 3.05) is 25.5 Å². The molecule has 3 heterocycles. The number of ether oxygens (including phenoxy) is 1. The van der Waals surface area contributed by atoms with Crippen molar-refractivity contribution in [3.63, 3.8) is 0 Å². The van der Waals surface area contributed by atoms with E-state index in [1.54, 1.807) is 6.07 Å². The van der Waals surface area contributed by atoms with Crippen molar-refractivity contribution in [1.82, 2.24) is 9.80 Å². The van der Waals surface area contributed by atoms with E-state index < -0.39 is 42.2 Å². The number of nitrogens with zero attached hydrogens (tertiary/aromatic N) is 2. The molecule has 1 aromatic carbocycles. The number of imide groups is 1. The standard InChI is InChI=1S/C21H19N3O7/c1-23-18(26)13-7-6-12(10-14(13)19(23)27)22-17(25)11-31-21(29)15-4-2-8-24(15)20(28)16-5-3-9-30-16/h3,5-7,9-10,15H,2,4,8,11H2,1H3,(H,22,25). The van der Waals surface area contributed by atoms with Crippen molar-refractivity contribution in [2.24, 2.45) is 0 Å². The van der Waals surface area contributed by atoms with E-state index in [4.69, 9.17) is 9.15 Å². The maximum Gasteiger partial charge on any atom is 0.329 e. The number of rotatable bonds is 5. The van der Waals surface area contributed by atoms with Crippen LogP contribution < -0.4 is 5.32 Å². The summed E-state index contributed by atoms with van der Waals surface area (Å²) in [5, 5.41) is 2.53. The molecule has 2 aliphatic rings. The Hall–Kier alpha value is -3.95. The summed E-state index contributed by atoms with van der Waals surface area (Å²) in [6, 6.07) is 6.66. The molecule has 1 saturated heterocycles. The van der Waals surface area contributed by atoms with Gasteiger partial charge in [0.1, 0.15) is 6.04 Å². The second-order valence-corrected chi connectivity index (χ2v) is 7.22. The number of amides is 4. The van der Waals surface area contributed by atoms with Gasteiger partial charge in [0.2, 0.25) is 0 Å². The van der Waals surface area contributed by atoms with Gasteiger partial charge in [0.15, 0.2) is 12.4 Å². The number of anilines is 1. The number of esters is 1. The number of fused-ring (bicyclic) bond motifs is 1. The first kappa shape index (κ1) is 20.3. The molecule has 1 unspecified atom stereocenters. The zero-order chi connectivity index (χ0) is 22.1. The fraction of sp³-hybridized carbons (Fsp3) is 0.286. The van der Waals surface area contributed by atoms with E-state index in [2.05, 4.69) is 5.32 Å². The zero-order valence-corrected chi connectivity index (χ0v) is 16.6. The summed E-state index contributed by atoms with van der Waals surface area (Å²) in [5.74, 6) is -2.42. The Balaban J connectivity index is 1.34. The van der Waals surface area contributed by atoms with Crippen molar-refractivity contribution in [1.29, 1.82) is 0 Å². The van der Waals surface area contributed by atoms with Gasteiger partial charge in [-0.2, -0.15) is 0 Å². The van der Waals surface area contributed by atoms with Crippen molar-refractivity contribution < 1.29 is 33.1 Å². The van der Waals surface area contributed by atoms with Crippen molar-refractivity contribution >= 4 is 35.3 Å². The summed E-state index contributed by atoms with van der Waals surface area (Å²) in [4.78, 5) is 63.4. The lowest BCUT2D eigenvalue weighted by Gasteiger charge is -2.22. The van der Waals surface area contributed by atoms with Crippen LogP contribution in [-0.4, -0.2) is 65.6 Å². The smallest absolute Gasteiger partial charge is 0.329 e. The maximum absolute atomic E-state index is 12.5. The molecule has 4 rings (SSSR count). The van der Waals surface area contributed by atoms with E-state index >= 15 is 0 Å². The van der Waals surface area contributed by atoms with E-state index in [0.717, 1.165) is 4.90 Å². The Labute approximate surface area is 176 Å². The Morgan fingerprint density at radius 2 is 1.94 bits per heavy atom. The van der Waals surface area contributed by atoms with E-state index in [0.29, 0.717) is 25.1 Å². The molecule has 1 aromatic heterocycles.